The molecule has 3 N–H and O–H groups in total. The molecule has 0 aliphatic heterocycles. The zero-order chi connectivity index (χ0) is 14.1. The molecule has 0 saturated heterocycles. The summed E-state index contributed by atoms with van der Waals surface area (Å²) in [5, 5.41) is 7.41. The highest BCUT2D eigenvalue weighted by Crippen LogP contribution is 2.73. The normalized spacial score (nSPS) is 36.0. The third-order valence-electron chi connectivity index (χ3n) is 6.02. The third-order valence-corrected chi connectivity index (χ3v) is 6.02. The van der Waals surface area contributed by atoms with Crippen molar-refractivity contribution < 1.29 is 4.39 Å². The molecule has 4 heteroatoms. The van der Waals surface area contributed by atoms with Crippen LogP contribution in [0.2, 0.25) is 0 Å². The van der Waals surface area contributed by atoms with Gasteiger partial charge in [-0.3, -0.25) is 5.10 Å². The van der Waals surface area contributed by atoms with Crippen LogP contribution < -0.4 is 5.73 Å². The van der Waals surface area contributed by atoms with Crippen LogP contribution in [0, 0.1) is 29.5 Å². The summed E-state index contributed by atoms with van der Waals surface area (Å²) in [5.74, 6) is 4.41. The van der Waals surface area contributed by atoms with E-state index in [4.69, 9.17) is 5.73 Å². The summed E-state index contributed by atoms with van der Waals surface area (Å²) in [5.41, 5.74) is 9.22. The van der Waals surface area contributed by atoms with Crippen LogP contribution in [0.25, 0.3) is 11.1 Å². The summed E-state index contributed by atoms with van der Waals surface area (Å²) in [6, 6.07) is 6.57. The maximum Gasteiger partial charge on any atom is 0.153 e. The first kappa shape index (κ1) is 11.8. The van der Waals surface area contributed by atoms with Crippen molar-refractivity contribution in [3.05, 3.63) is 35.8 Å². The van der Waals surface area contributed by atoms with Gasteiger partial charge in [-0.15, -0.1) is 0 Å². The van der Waals surface area contributed by atoms with Crippen molar-refractivity contribution >= 4 is 5.82 Å². The molecule has 4 unspecified atom stereocenters. The average molecular weight is 283 g/mol. The monoisotopic (exact) mass is 283 g/mol. The van der Waals surface area contributed by atoms with E-state index >= 15 is 0 Å². The number of nitrogens with one attached hydrogen (secondary N) is 1. The molecule has 2 bridgehead atoms. The Kier molecular flexibility index (Phi) is 2.17. The Balaban J connectivity index is 1.56. The predicted octanol–water partition coefficient (Wildman–Crippen LogP) is 3.56. The lowest BCUT2D eigenvalue weighted by molar-refractivity contribution is 0.456. The fourth-order valence-electron chi connectivity index (χ4n) is 5.24. The van der Waals surface area contributed by atoms with E-state index in [0.29, 0.717) is 11.7 Å². The number of hydrogen-bond donors (Lipinski definition) is 2. The highest BCUT2D eigenvalue weighted by atomic mass is 19.1. The number of fused-ring (bicyclic) bond motifs is 5. The molecular formula is C17H18FN3. The second-order valence-electron chi connectivity index (χ2n) is 6.92. The molecular weight excluding hydrogens is 265 g/mol. The minimum atomic E-state index is -0.219. The summed E-state index contributed by atoms with van der Waals surface area (Å²) in [4.78, 5) is 0. The Morgan fingerprint density at radius 3 is 2.43 bits per heavy atom. The number of aromatic amines is 1. The van der Waals surface area contributed by atoms with Crippen LogP contribution >= 0.6 is 0 Å². The average Bonchev–Trinajstić information content (AvgIpc) is 2.81. The number of nitrogen functional groups attached to an aromatic ring is 1. The van der Waals surface area contributed by atoms with E-state index in [9.17, 15) is 4.39 Å². The van der Waals surface area contributed by atoms with Crippen molar-refractivity contribution in [2.24, 2.45) is 23.7 Å². The summed E-state index contributed by atoms with van der Waals surface area (Å²) in [6.07, 6.45) is 4.23. The number of nitrogens with zero attached hydrogens (tertiary/aromatic N) is 1. The van der Waals surface area contributed by atoms with Crippen LogP contribution in [0.5, 0.6) is 0 Å². The summed E-state index contributed by atoms with van der Waals surface area (Å²) in [6.45, 7) is 0. The van der Waals surface area contributed by atoms with Crippen LogP contribution in [-0.2, 0) is 0 Å². The number of H-pyrrole nitrogens is 1. The smallest absolute Gasteiger partial charge is 0.153 e. The zero-order valence-corrected chi connectivity index (χ0v) is 11.7. The van der Waals surface area contributed by atoms with Gasteiger partial charge in [-0.05, 0) is 60.6 Å². The molecule has 2 aromatic rings. The van der Waals surface area contributed by atoms with E-state index in [1.54, 1.807) is 12.1 Å². The molecule has 3 aliphatic rings. The molecule has 5 rings (SSSR count). The molecule has 1 aromatic carbocycles. The van der Waals surface area contributed by atoms with Crippen molar-refractivity contribution in [2.75, 3.05) is 5.73 Å². The lowest BCUT2D eigenvalue weighted by atomic mass is 9.96. The van der Waals surface area contributed by atoms with Crippen LogP contribution in [-0.4, -0.2) is 10.2 Å². The van der Waals surface area contributed by atoms with Gasteiger partial charge in [-0.1, -0.05) is 12.1 Å². The molecule has 1 heterocycles. The first-order valence-electron chi connectivity index (χ1n) is 7.83. The number of hydrogen-bond acceptors (Lipinski definition) is 2. The largest absolute Gasteiger partial charge is 0.382 e. The van der Waals surface area contributed by atoms with Gasteiger partial charge in [0.05, 0.1) is 0 Å². The third kappa shape index (κ3) is 1.50. The van der Waals surface area contributed by atoms with Gasteiger partial charge in [0.25, 0.3) is 0 Å². The minimum absolute atomic E-state index is 0.219. The highest BCUT2D eigenvalue weighted by molar-refractivity contribution is 5.77. The van der Waals surface area contributed by atoms with E-state index in [0.717, 1.165) is 34.8 Å². The molecule has 108 valence electrons. The second kappa shape index (κ2) is 3.87. The SMILES string of the molecule is Nc1n[nH]c(C2C3C4CCC(C4)C23)c1-c1ccc(F)cc1. The molecule has 0 spiro atoms. The quantitative estimate of drug-likeness (QED) is 0.885. The van der Waals surface area contributed by atoms with Crippen molar-refractivity contribution in [3.63, 3.8) is 0 Å². The van der Waals surface area contributed by atoms with Crippen LogP contribution in [0.15, 0.2) is 24.3 Å². The Morgan fingerprint density at radius 2 is 1.76 bits per heavy atom. The van der Waals surface area contributed by atoms with E-state index in [1.165, 1.54) is 37.1 Å². The fraction of sp³-hybridized carbons (Fsp3) is 0.471. The second-order valence-corrected chi connectivity index (χ2v) is 6.92. The van der Waals surface area contributed by atoms with Crippen LogP contribution in [0.1, 0.15) is 30.9 Å². The van der Waals surface area contributed by atoms with Gasteiger partial charge in [-0.2, -0.15) is 5.10 Å². The number of rotatable bonds is 2. The molecule has 1 aromatic heterocycles. The summed E-state index contributed by atoms with van der Waals surface area (Å²) >= 11 is 0. The maximum atomic E-state index is 13.1. The molecule has 3 nitrogen and oxygen atoms in total. The number of anilines is 1. The molecule has 21 heavy (non-hydrogen) atoms. The summed E-state index contributed by atoms with van der Waals surface area (Å²) < 4.78 is 13.1. The van der Waals surface area contributed by atoms with Gasteiger partial charge in [0.15, 0.2) is 5.82 Å². The molecule has 3 fully saturated rings. The molecule has 3 aliphatic carbocycles. The van der Waals surface area contributed by atoms with Crippen LogP contribution in [0.4, 0.5) is 10.2 Å². The van der Waals surface area contributed by atoms with E-state index in [1.807, 2.05) is 0 Å². The van der Waals surface area contributed by atoms with Gasteiger partial charge in [0, 0.05) is 17.2 Å². The number of nitrogens with two attached hydrogens (primary N) is 1. The van der Waals surface area contributed by atoms with Gasteiger partial charge in [0.2, 0.25) is 0 Å². The standard InChI is InChI=1S/C17H18FN3/c18-11-5-3-8(4-6-11)14-16(20-21-17(14)19)15-12-9-1-2-10(7-9)13(12)15/h3-6,9-10,12-13,15H,1-2,7H2,(H3,19,20,21). The van der Waals surface area contributed by atoms with Gasteiger partial charge in [0.1, 0.15) is 5.82 Å². The topological polar surface area (TPSA) is 54.7 Å². The Bertz CT molecular complexity index is 689. The molecule has 0 radical (unpaired) electrons. The first-order valence-corrected chi connectivity index (χ1v) is 7.83. The van der Waals surface area contributed by atoms with E-state index < -0.39 is 0 Å². The lowest BCUT2D eigenvalue weighted by Crippen LogP contribution is -1.99. The van der Waals surface area contributed by atoms with Crippen molar-refractivity contribution in [2.45, 2.75) is 25.2 Å². The van der Waals surface area contributed by atoms with Gasteiger partial charge >= 0.3 is 0 Å². The van der Waals surface area contributed by atoms with Crippen molar-refractivity contribution in [3.8, 4) is 11.1 Å². The van der Waals surface area contributed by atoms with Crippen molar-refractivity contribution in [1.29, 1.82) is 0 Å². The lowest BCUT2D eigenvalue weighted by Gasteiger charge is -2.09. The minimum Gasteiger partial charge on any atom is -0.382 e. The molecule has 4 atom stereocenters. The molecule has 3 saturated carbocycles. The van der Waals surface area contributed by atoms with E-state index in [-0.39, 0.29) is 5.82 Å². The number of aromatic nitrogens is 2. The van der Waals surface area contributed by atoms with Gasteiger partial charge in [-0.25, -0.2) is 4.39 Å². The fourth-order valence-corrected chi connectivity index (χ4v) is 5.24. The molecule has 0 amide bonds. The van der Waals surface area contributed by atoms with Gasteiger partial charge < -0.3 is 5.73 Å². The predicted molar refractivity (Wildman–Crippen MR) is 78.9 cm³/mol. The van der Waals surface area contributed by atoms with Crippen LogP contribution in [0.3, 0.4) is 0 Å². The zero-order valence-electron chi connectivity index (χ0n) is 11.7. The highest BCUT2D eigenvalue weighted by Gasteiger charge is 2.66. The van der Waals surface area contributed by atoms with Crippen molar-refractivity contribution in [1.82, 2.24) is 10.2 Å². The Hall–Kier alpha value is -1.84. The number of benzene rings is 1. The maximum absolute atomic E-state index is 13.1. The summed E-state index contributed by atoms with van der Waals surface area (Å²) in [7, 11) is 0. The number of halogens is 1. The Labute approximate surface area is 122 Å². The first-order chi connectivity index (χ1) is 10.2. The Morgan fingerprint density at radius 1 is 1.10 bits per heavy atom. The van der Waals surface area contributed by atoms with E-state index in [2.05, 4.69) is 10.2 Å².